The summed E-state index contributed by atoms with van der Waals surface area (Å²) < 4.78 is 21.9. The first-order valence-corrected chi connectivity index (χ1v) is 61.3. The summed E-state index contributed by atoms with van der Waals surface area (Å²) in [7, 11) is 0. The zero-order valence-electron chi connectivity index (χ0n) is 63.6. The number of hydrogen-bond donors (Lipinski definition) is 2. The van der Waals surface area contributed by atoms with Gasteiger partial charge in [-0.2, -0.15) is 0 Å². The van der Waals surface area contributed by atoms with Gasteiger partial charge < -0.3 is 0 Å². The van der Waals surface area contributed by atoms with Crippen molar-refractivity contribution >= 4 is 292 Å². The maximum absolute atomic E-state index is 5.68. The van der Waals surface area contributed by atoms with Gasteiger partial charge in [-0.1, -0.05) is 0 Å². The summed E-state index contributed by atoms with van der Waals surface area (Å²) in [6, 6.07) is 0. The van der Waals surface area contributed by atoms with Crippen LogP contribution in [0.25, 0.3) is 89.7 Å². The molecule has 4 aromatic carbocycles. The Morgan fingerprint density at radius 1 is 0.220 bits per heavy atom. The number of aryl methyl sites for hydroxylation is 4. The fourth-order valence-corrected chi connectivity index (χ4v) is 35.7. The first kappa shape index (κ1) is 92.2. The summed E-state index contributed by atoms with van der Waals surface area (Å²) in [5, 5.41) is 4.21. The Morgan fingerprint density at radius 2 is 0.380 bits per heavy atom. The van der Waals surface area contributed by atoms with Crippen molar-refractivity contribution in [2.45, 2.75) is 300 Å². The molecule has 8 nitrogen and oxygen atoms in total. The minimum absolute atomic E-state index is 0.149. The van der Waals surface area contributed by atoms with Crippen molar-refractivity contribution in [2.24, 2.45) is 0 Å². The van der Waals surface area contributed by atoms with Gasteiger partial charge in [-0.05, 0) is 0 Å². The molecule has 0 amide bonds. The van der Waals surface area contributed by atoms with Gasteiger partial charge in [0.05, 0.1) is 0 Å². The third-order valence-corrected chi connectivity index (χ3v) is 44.9. The Kier molecular flexibility index (Phi) is 45.9. The first-order chi connectivity index (χ1) is 48.4. The second-order valence-corrected chi connectivity index (χ2v) is 49.7. The molecule has 7 aromatic rings. The molecule has 0 aliphatic carbocycles. The standard InChI is InChI=1S/C48H42N8Se8.8C4H9.4Sn/c1-9-17-25-26(18(10-2)34(58)33(17)57)42-49-41(25)53-43-27-19(11-3)35(59)36(60)20(12-4)28(27)45(50-43)55-47-31-23(15-7)39(63)40(64)24(16-8)32(31)48(52-47)56-46-30-22(14-6)38(62)37(61)21(13-5)29(30)44(51-46)54-42;8*1-3-4-2;;;;/h9-16H2,1-8H3,(H2,49,50,51,52,53,54,55,56);8*1,3-4H2,2H3;;;;. The Hall–Kier alpha value is 1.59. The first-order valence-electron chi connectivity index (χ1n) is 38.3. The van der Waals surface area contributed by atoms with E-state index in [4.69, 9.17) is 29.9 Å². The van der Waals surface area contributed by atoms with Crippen LogP contribution in [0.4, 0.5) is 0 Å². The van der Waals surface area contributed by atoms with E-state index < -0.39 is 0 Å². The van der Waals surface area contributed by atoms with Gasteiger partial charge in [-0.3, -0.25) is 0 Å². The quantitative estimate of drug-likeness (QED) is 0.0321. The third-order valence-electron chi connectivity index (χ3n) is 18.5. The van der Waals surface area contributed by atoms with Crippen LogP contribution in [0, 0.1) is 0 Å². The van der Waals surface area contributed by atoms with E-state index in [2.05, 4.69) is 249 Å². The minimum atomic E-state index is 0.149. The van der Waals surface area contributed by atoms with Crippen LogP contribution < -0.4 is 35.7 Å². The SMILES string of the molecule is CCC[CH2][Sn][CH2]CCC.CCC[CH2][Sn][CH2]CCC.CCC[CH2][Sn][CH2]CCC.CCC[CH2][Sn][CH2]CCC.CCc1c([Se])c([Se])c(CC)c2c1-c1nc3nc(nc4[nH]c(nc5[nH]c(nc-2n1)c1c(CC)c([Se])c([Se])c(CC)c51)c1c(CC)c([Se])c([Se])c(CC)c41)-c1c(CC)c([Se])c([Se])c(CC)c1-3. The Balaban J connectivity index is 0.000000408. The van der Waals surface area contributed by atoms with Gasteiger partial charge >= 0.3 is 723 Å². The van der Waals surface area contributed by atoms with E-state index in [1.165, 1.54) is 125 Å². The second-order valence-electron chi connectivity index (χ2n) is 25.7. The predicted molar refractivity (Wildman–Crippen MR) is 455 cm³/mol. The number of rotatable bonds is 32. The van der Waals surface area contributed by atoms with Crippen LogP contribution in [-0.4, -0.2) is 253 Å². The normalized spacial score (nSPS) is 11.4. The molecular formula is C80H114N8Se8Sn4. The van der Waals surface area contributed by atoms with Crippen LogP contribution in [0.5, 0.6) is 0 Å². The van der Waals surface area contributed by atoms with Crippen LogP contribution in [0.15, 0.2) is 0 Å². The van der Waals surface area contributed by atoms with E-state index in [1.807, 2.05) is 0 Å². The van der Waals surface area contributed by atoms with Crippen LogP contribution in [0.1, 0.15) is 258 Å². The third kappa shape index (κ3) is 23.8. The molecule has 0 atom stereocenters. The predicted octanol–water partition coefficient (Wildman–Crippen LogP) is 14.2. The number of nitrogens with one attached hydrogen (secondary N) is 2. The van der Waals surface area contributed by atoms with Crippen molar-refractivity contribution in [1.82, 2.24) is 39.9 Å². The number of nitrogens with zero attached hydrogens (tertiary/aromatic N) is 6. The van der Waals surface area contributed by atoms with E-state index in [0.717, 1.165) is 176 Å². The van der Waals surface area contributed by atoms with Crippen molar-refractivity contribution in [2.75, 3.05) is 0 Å². The average Bonchev–Trinajstić information content (AvgIpc) is 1.57. The average molecular weight is 2290 g/mol. The summed E-state index contributed by atoms with van der Waals surface area (Å²) in [5.41, 5.74) is 16.3. The maximum atomic E-state index is 5.68. The zero-order chi connectivity index (χ0) is 73.6. The molecule has 20 heteroatoms. The number of fused-ring (bicyclic) bond motifs is 20. The van der Waals surface area contributed by atoms with Crippen molar-refractivity contribution in [3.05, 3.63) is 44.5 Å². The molecule has 2 aliphatic rings. The molecule has 0 fully saturated rings. The molecule has 0 spiro atoms. The van der Waals surface area contributed by atoms with Gasteiger partial charge in [-0.25, -0.2) is 0 Å². The van der Waals surface area contributed by atoms with Crippen molar-refractivity contribution in [1.29, 1.82) is 0 Å². The van der Waals surface area contributed by atoms with E-state index in [0.29, 0.717) is 23.3 Å². The molecule has 16 radical (unpaired) electrons. The molecule has 100 heavy (non-hydrogen) atoms. The summed E-state index contributed by atoms with van der Waals surface area (Å²) in [6.45, 7) is 36.0. The Bertz CT molecular complexity index is 3630. The molecular weight excluding hydrogens is 2180 g/mol. The molecule has 0 saturated heterocycles. The molecule has 0 unspecified atom stereocenters. The van der Waals surface area contributed by atoms with Crippen LogP contribution in [0.2, 0.25) is 35.5 Å². The topological polar surface area (TPSA) is 109 Å². The fourth-order valence-electron chi connectivity index (χ4n) is 12.8. The van der Waals surface area contributed by atoms with E-state index >= 15 is 0 Å². The van der Waals surface area contributed by atoms with Crippen molar-refractivity contribution < 1.29 is 0 Å². The van der Waals surface area contributed by atoms with Gasteiger partial charge in [0.25, 0.3) is 0 Å². The molecule has 0 saturated carbocycles. The molecule has 8 bridgehead atoms. The molecule has 5 heterocycles. The Labute approximate surface area is 712 Å². The van der Waals surface area contributed by atoms with Gasteiger partial charge in [-0.15, -0.1) is 0 Å². The van der Waals surface area contributed by atoms with Gasteiger partial charge in [0.15, 0.2) is 0 Å². The summed E-state index contributed by atoms with van der Waals surface area (Å²) in [5.74, 6) is 2.46. The number of benzene rings is 4. The monoisotopic (exact) mass is 2310 g/mol. The number of aromatic amines is 2. The molecule has 3 aromatic heterocycles. The Morgan fingerprint density at radius 3 is 0.550 bits per heavy atom. The second kappa shape index (κ2) is 49.8. The molecule has 9 rings (SSSR count). The molecule has 2 aliphatic heterocycles. The number of H-pyrrole nitrogens is 2. The van der Waals surface area contributed by atoms with Crippen molar-refractivity contribution in [3.63, 3.8) is 0 Å². The van der Waals surface area contributed by atoms with Crippen molar-refractivity contribution in [3.8, 4) is 45.6 Å². The van der Waals surface area contributed by atoms with Crippen LogP contribution >= 0.6 is 0 Å². The molecule has 538 valence electrons. The zero-order valence-corrected chi connectivity index (χ0v) is 88.7. The van der Waals surface area contributed by atoms with E-state index in [9.17, 15) is 0 Å². The number of hydrogen-bond acceptors (Lipinski definition) is 6. The summed E-state index contributed by atoms with van der Waals surface area (Å²) in [6.07, 6.45) is 29.6. The summed E-state index contributed by atoms with van der Waals surface area (Å²) in [4.78, 5) is 41.1. The number of unbranched alkanes of at least 4 members (excludes halogenated alkanes) is 8. The van der Waals surface area contributed by atoms with E-state index in [1.54, 1.807) is 35.5 Å². The molecule has 2 N–H and O–H groups in total. The van der Waals surface area contributed by atoms with E-state index in [-0.39, 0.29) is 84.6 Å². The van der Waals surface area contributed by atoms with Gasteiger partial charge in [0.1, 0.15) is 0 Å². The van der Waals surface area contributed by atoms with Crippen LogP contribution in [-0.2, 0) is 51.4 Å². The van der Waals surface area contributed by atoms with Gasteiger partial charge in [0.2, 0.25) is 0 Å². The number of aromatic nitrogens is 8. The van der Waals surface area contributed by atoms with Crippen LogP contribution in [0.3, 0.4) is 0 Å². The summed E-state index contributed by atoms with van der Waals surface area (Å²) >= 11 is 28.0. The fraction of sp³-hybridized carbons (Fsp3) is 0.600. The van der Waals surface area contributed by atoms with Gasteiger partial charge in [0, 0.05) is 0 Å².